The maximum atomic E-state index is 13.0. The molecule has 0 atom stereocenters. The molecule has 3 rings (SSSR count). The molecule has 0 aliphatic carbocycles. The van der Waals surface area contributed by atoms with Crippen LogP contribution in [0.2, 0.25) is 0 Å². The number of halogens is 1. The number of fused-ring (bicyclic) bond motifs is 1. The summed E-state index contributed by atoms with van der Waals surface area (Å²) in [6, 6.07) is 14.7. The number of alkyl halides is 1. The highest BCUT2D eigenvalue weighted by molar-refractivity contribution is 14.1. The Kier molecular flexibility index (Phi) is 4.77. The Bertz CT molecular complexity index is 927. The lowest BCUT2D eigenvalue weighted by Crippen LogP contribution is -2.11. The first-order chi connectivity index (χ1) is 11.0. The fraction of sp³-hybridized carbons (Fsp3) is 0.222. The molecular formula is C18H18INO2S. The molecule has 0 saturated heterocycles. The first-order valence-electron chi connectivity index (χ1n) is 7.51. The van der Waals surface area contributed by atoms with Crippen LogP contribution in [0.5, 0.6) is 0 Å². The molecule has 1 heterocycles. The predicted octanol–water partition coefficient (Wildman–Crippen LogP) is 4.55. The zero-order valence-electron chi connectivity index (χ0n) is 12.9. The van der Waals surface area contributed by atoms with Gasteiger partial charge in [0.05, 0.1) is 10.4 Å². The molecule has 0 unspecified atom stereocenters. The summed E-state index contributed by atoms with van der Waals surface area (Å²) in [4.78, 5) is 0.323. The van der Waals surface area contributed by atoms with Gasteiger partial charge in [-0.1, -0.05) is 58.5 Å². The average molecular weight is 439 g/mol. The van der Waals surface area contributed by atoms with Crippen LogP contribution in [-0.2, 0) is 16.4 Å². The molecule has 0 aliphatic heterocycles. The zero-order valence-corrected chi connectivity index (χ0v) is 15.8. The first kappa shape index (κ1) is 16.5. The largest absolute Gasteiger partial charge is 0.268 e. The lowest BCUT2D eigenvalue weighted by atomic mass is 10.1. The summed E-state index contributed by atoms with van der Waals surface area (Å²) in [7, 11) is -3.57. The summed E-state index contributed by atoms with van der Waals surface area (Å²) in [6.07, 6.45) is 3.71. The van der Waals surface area contributed by atoms with E-state index in [1.807, 2.05) is 43.3 Å². The third-order valence-corrected chi connectivity index (χ3v) is 6.37. The van der Waals surface area contributed by atoms with Crippen LogP contribution < -0.4 is 0 Å². The van der Waals surface area contributed by atoms with Gasteiger partial charge < -0.3 is 0 Å². The molecule has 0 spiro atoms. The van der Waals surface area contributed by atoms with Crippen molar-refractivity contribution in [3.05, 3.63) is 65.9 Å². The summed E-state index contributed by atoms with van der Waals surface area (Å²) < 4.78 is 28.5. The predicted molar refractivity (Wildman–Crippen MR) is 103 cm³/mol. The Morgan fingerprint density at radius 1 is 1.04 bits per heavy atom. The minimum absolute atomic E-state index is 0.323. The van der Waals surface area contributed by atoms with E-state index in [-0.39, 0.29) is 0 Å². The number of aromatic nitrogens is 1. The lowest BCUT2D eigenvalue weighted by Gasteiger charge is -2.07. The van der Waals surface area contributed by atoms with Gasteiger partial charge in [0.25, 0.3) is 10.0 Å². The van der Waals surface area contributed by atoms with Crippen molar-refractivity contribution in [2.24, 2.45) is 0 Å². The van der Waals surface area contributed by atoms with E-state index in [0.717, 1.165) is 39.3 Å². The molecule has 5 heteroatoms. The number of hydrogen-bond donors (Lipinski definition) is 0. The molecule has 1 aromatic heterocycles. The Balaban J connectivity index is 2.17. The number of nitrogens with zero attached hydrogens (tertiary/aromatic N) is 1. The van der Waals surface area contributed by atoms with E-state index in [0.29, 0.717) is 4.90 Å². The van der Waals surface area contributed by atoms with Gasteiger partial charge in [-0.15, -0.1) is 0 Å². The molecule has 0 amide bonds. The van der Waals surface area contributed by atoms with Gasteiger partial charge in [0.2, 0.25) is 0 Å². The van der Waals surface area contributed by atoms with E-state index in [9.17, 15) is 8.42 Å². The quantitative estimate of drug-likeness (QED) is 0.432. The van der Waals surface area contributed by atoms with Crippen LogP contribution in [0.15, 0.2) is 59.6 Å². The topological polar surface area (TPSA) is 39.1 Å². The van der Waals surface area contributed by atoms with Crippen molar-refractivity contribution in [3.63, 3.8) is 0 Å². The molecule has 0 aliphatic rings. The second-order valence-corrected chi connectivity index (χ2v) is 8.47. The molecular weight excluding hydrogens is 421 g/mol. The molecule has 120 valence electrons. The second kappa shape index (κ2) is 6.65. The SMILES string of the molecule is Cc1ccc(S(=O)(=O)n2cc(CCCI)c3ccccc32)cc1. The van der Waals surface area contributed by atoms with Gasteiger partial charge in [-0.2, -0.15) is 0 Å². The summed E-state index contributed by atoms with van der Waals surface area (Å²) in [5, 5.41) is 1.02. The monoisotopic (exact) mass is 439 g/mol. The third kappa shape index (κ3) is 3.17. The van der Waals surface area contributed by atoms with Gasteiger partial charge in [0.1, 0.15) is 0 Å². The van der Waals surface area contributed by atoms with Crippen LogP contribution in [0.3, 0.4) is 0 Å². The van der Waals surface area contributed by atoms with Crippen molar-refractivity contribution in [2.45, 2.75) is 24.7 Å². The van der Waals surface area contributed by atoms with Gasteiger partial charge >= 0.3 is 0 Å². The van der Waals surface area contributed by atoms with E-state index in [2.05, 4.69) is 22.6 Å². The van der Waals surface area contributed by atoms with Crippen molar-refractivity contribution in [3.8, 4) is 0 Å². The van der Waals surface area contributed by atoms with Crippen LogP contribution >= 0.6 is 22.6 Å². The minimum Gasteiger partial charge on any atom is -0.241 e. The van der Waals surface area contributed by atoms with Crippen molar-refractivity contribution in [1.29, 1.82) is 0 Å². The van der Waals surface area contributed by atoms with Gasteiger partial charge in [0.15, 0.2) is 0 Å². The summed E-state index contributed by atoms with van der Waals surface area (Å²) >= 11 is 2.35. The molecule has 0 saturated carbocycles. The Labute approximate surface area is 150 Å². The minimum atomic E-state index is -3.57. The maximum absolute atomic E-state index is 13.0. The number of hydrogen-bond acceptors (Lipinski definition) is 2. The standard InChI is InChI=1S/C18H18INO2S/c1-14-8-10-16(11-9-14)23(21,22)20-13-15(5-4-12-19)17-6-2-3-7-18(17)20/h2-3,6-11,13H,4-5,12H2,1H3. The van der Waals surface area contributed by atoms with E-state index in [1.165, 1.54) is 3.97 Å². The first-order valence-corrected chi connectivity index (χ1v) is 10.5. The molecule has 0 N–H and O–H groups in total. The van der Waals surface area contributed by atoms with Crippen LogP contribution in [0.4, 0.5) is 0 Å². The van der Waals surface area contributed by atoms with E-state index in [4.69, 9.17) is 0 Å². The fourth-order valence-corrected chi connectivity index (χ4v) is 4.47. The molecule has 0 bridgehead atoms. The summed E-state index contributed by atoms with van der Waals surface area (Å²) in [5.74, 6) is 0. The Morgan fingerprint density at radius 3 is 2.43 bits per heavy atom. The molecule has 0 radical (unpaired) electrons. The summed E-state index contributed by atoms with van der Waals surface area (Å²) in [6.45, 7) is 1.95. The van der Waals surface area contributed by atoms with Crippen molar-refractivity contribution in [2.75, 3.05) is 4.43 Å². The number of para-hydroxylation sites is 1. The highest BCUT2D eigenvalue weighted by Crippen LogP contribution is 2.27. The van der Waals surface area contributed by atoms with Gasteiger partial charge in [-0.25, -0.2) is 12.4 Å². The Morgan fingerprint density at radius 2 is 1.74 bits per heavy atom. The van der Waals surface area contributed by atoms with Crippen molar-refractivity contribution >= 4 is 43.5 Å². The molecule has 23 heavy (non-hydrogen) atoms. The summed E-state index contributed by atoms with van der Waals surface area (Å²) in [5.41, 5.74) is 2.88. The Hall–Kier alpha value is -1.34. The van der Waals surface area contributed by atoms with Crippen LogP contribution in [0, 0.1) is 6.92 Å². The van der Waals surface area contributed by atoms with E-state index < -0.39 is 10.0 Å². The maximum Gasteiger partial charge on any atom is 0.268 e. The van der Waals surface area contributed by atoms with Crippen LogP contribution in [0.25, 0.3) is 10.9 Å². The highest BCUT2D eigenvalue weighted by Gasteiger charge is 2.20. The average Bonchev–Trinajstić information content (AvgIpc) is 2.93. The molecule has 3 nitrogen and oxygen atoms in total. The number of aryl methyl sites for hydroxylation is 2. The fourth-order valence-electron chi connectivity index (χ4n) is 2.70. The number of rotatable bonds is 5. The molecule has 3 aromatic rings. The van der Waals surface area contributed by atoms with Crippen LogP contribution in [-0.4, -0.2) is 16.8 Å². The lowest BCUT2D eigenvalue weighted by molar-refractivity contribution is 0.589. The van der Waals surface area contributed by atoms with Gasteiger partial charge in [-0.05, 0) is 48.0 Å². The highest BCUT2D eigenvalue weighted by atomic mass is 127. The van der Waals surface area contributed by atoms with E-state index in [1.54, 1.807) is 18.3 Å². The van der Waals surface area contributed by atoms with Crippen molar-refractivity contribution in [1.82, 2.24) is 3.97 Å². The van der Waals surface area contributed by atoms with Crippen LogP contribution in [0.1, 0.15) is 17.5 Å². The molecule has 0 fully saturated rings. The number of benzene rings is 2. The third-order valence-electron chi connectivity index (χ3n) is 3.92. The van der Waals surface area contributed by atoms with E-state index >= 15 is 0 Å². The normalized spacial score (nSPS) is 11.9. The zero-order chi connectivity index (χ0) is 16.4. The molecule has 2 aromatic carbocycles. The smallest absolute Gasteiger partial charge is 0.241 e. The van der Waals surface area contributed by atoms with Gasteiger partial charge in [-0.3, -0.25) is 0 Å². The second-order valence-electron chi connectivity index (χ2n) is 5.58. The van der Waals surface area contributed by atoms with Gasteiger partial charge in [0, 0.05) is 11.6 Å². The van der Waals surface area contributed by atoms with Crippen molar-refractivity contribution < 1.29 is 8.42 Å².